The van der Waals surface area contributed by atoms with Crippen molar-refractivity contribution < 1.29 is 27.5 Å². The van der Waals surface area contributed by atoms with Gasteiger partial charge in [-0.05, 0) is 61.9 Å². The number of halogens is 4. The summed E-state index contributed by atoms with van der Waals surface area (Å²) in [7, 11) is 1.81. The third-order valence-corrected chi connectivity index (χ3v) is 6.92. The van der Waals surface area contributed by atoms with Gasteiger partial charge in [0.1, 0.15) is 30.1 Å². The minimum absolute atomic E-state index is 0.0232. The van der Waals surface area contributed by atoms with E-state index in [4.69, 9.17) is 0 Å². The SMILES string of the molecule is CC1CC(c2ccc(F)c(NC(=O)c3cc(CNCC(C)(C)O)cn(CC(F)(F)F)c3=O)c2)(c2nncn2C)C1. The number of anilines is 1. The highest BCUT2D eigenvalue weighted by Gasteiger charge is 2.48. The topological polar surface area (TPSA) is 114 Å². The van der Waals surface area contributed by atoms with Gasteiger partial charge in [0.2, 0.25) is 0 Å². The lowest BCUT2D eigenvalue weighted by Gasteiger charge is -2.46. The first-order valence-corrected chi connectivity index (χ1v) is 12.8. The predicted molar refractivity (Wildman–Crippen MR) is 139 cm³/mol. The Hall–Kier alpha value is -3.58. The van der Waals surface area contributed by atoms with Gasteiger partial charge < -0.3 is 24.9 Å². The molecule has 2 heterocycles. The Morgan fingerprint density at radius 1 is 1.23 bits per heavy atom. The molecule has 216 valence electrons. The zero-order valence-corrected chi connectivity index (χ0v) is 22.6. The van der Waals surface area contributed by atoms with E-state index in [2.05, 4.69) is 27.8 Å². The fourth-order valence-electron chi connectivity index (χ4n) is 5.28. The van der Waals surface area contributed by atoms with E-state index in [1.165, 1.54) is 18.2 Å². The molecule has 1 saturated carbocycles. The van der Waals surface area contributed by atoms with Gasteiger partial charge in [0.05, 0.1) is 16.7 Å². The maximum Gasteiger partial charge on any atom is 0.406 e. The van der Waals surface area contributed by atoms with Crippen molar-refractivity contribution in [3.05, 3.63) is 75.5 Å². The molecule has 0 saturated heterocycles. The van der Waals surface area contributed by atoms with Gasteiger partial charge in [-0.1, -0.05) is 13.0 Å². The van der Waals surface area contributed by atoms with Crippen molar-refractivity contribution in [1.82, 2.24) is 24.6 Å². The van der Waals surface area contributed by atoms with E-state index in [1.54, 1.807) is 30.8 Å². The Balaban J connectivity index is 1.67. The van der Waals surface area contributed by atoms with Crippen LogP contribution in [0.4, 0.5) is 23.2 Å². The summed E-state index contributed by atoms with van der Waals surface area (Å²) in [6.07, 6.45) is -0.693. The first kappa shape index (κ1) is 29.4. The molecule has 1 fully saturated rings. The summed E-state index contributed by atoms with van der Waals surface area (Å²) in [6, 6.07) is 5.44. The van der Waals surface area contributed by atoms with Crippen molar-refractivity contribution in [2.24, 2.45) is 13.0 Å². The summed E-state index contributed by atoms with van der Waals surface area (Å²) >= 11 is 0. The number of aryl methyl sites for hydroxylation is 1. The van der Waals surface area contributed by atoms with Crippen LogP contribution in [0, 0.1) is 11.7 Å². The molecule has 0 atom stereocenters. The van der Waals surface area contributed by atoms with Gasteiger partial charge in [-0.3, -0.25) is 9.59 Å². The van der Waals surface area contributed by atoms with E-state index in [0.717, 1.165) is 19.0 Å². The van der Waals surface area contributed by atoms with Crippen molar-refractivity contribution in [3.63, 3.8) is 0 Å². The number of aliphatic hydroxyl groups is 1. The molecule has 1 aromatic carbocycles. The van der Waals surface area contributed by atoms with E-state index in [0.29, 0.717) is 21.9 Å². The van der Waals surface area contributed by atoms with Crippen LogP contribution in [0.5, 0.6) is 0 Å². The largest absolute Gasteiger partial charge is 0.406 e. The van der Waals surface area contributed by atoms with Crippen molar-refractivity contribution in [1.29, 1.82) is 0 Å². The number of pyridine rings is 1. The predicted octanol–water partition coefficient (Wildman–Crippen LogP) is 3.51. The molecule has 0 radical (unpaired) electrons. The molecule has 4 rings (SSSR count). The molecule has 1 aliphatic carbocycles. The molecule has 3 N–H and O–H groups in total. The average Bonchev–Trinajstić information content (AvgIpc) is 3.24. The van der Waals surface area contributed by atoms with Crippen molar-refractivity contribution in [2.45, 2.75) is 63.9 Å². The summed E-state index contributed by atoms with van der Waals surface area (Å²) < 4.78 is 56.7. The van der Waals surface area contributed by atoms with E-state index in [9.17, 15) is 32.3 Å². The smallest absolute Gasteiger partial charge is 0.389 e. The number of benzene rings is 1. The van der Waals surface area contributed by atoms with Crippen LogP contribution in [-0.2, 0) is 25.6 Å². The zero-order chi connectivity index (χ0) is 29.5. The molecule has 2 aromatic heterocycles. The van der Waals surface area contributed by atoms with Gasteiger partial charge in [-0.2, -0.15) is 13.2 Å². The summed E-state index contributed by atoms with van der Waals surface area (Å²) in [5, 5.41) is 23.4. The molecule has 0 bridgehead atoms. The molecule has 0 unspecified atom stereocenters. The number of hydrogen-bond donors (Lipinski definition) is 3. The van der Waals surface area contributed by atoms with Crippen molar-refractivity contribution in [3.8, 4) is 0 Å². The Bertz CT molecular complexity index is 1450. The monoisotopic (exact) mass is 564 g/mol. The fourth-order valence-corrected chi connectivity index (χ4v) is 5.28. The van der Waals surface area contributed by atoms with Crippen LogP contribution in [-0.4, -0.2) is 48.7 Å². The van der Waals surface area contributed by atoms with E-state index in [-0.39, 0.29) is 24.3 Å². The third kappa shape index (κ3) is 6.41. The van der Waals surface area contributed by atoms with Crippen molar-refractivity contribution >= 4 is 11.6 Å². The van der Waals surface area contributed by atoms with E-state index in [1.807, 2.05) is 7.05 Å². The van der Waals surface area contributed by atoms with Crippen LogP contribution in [0.25, 0.3) is 0 Å². The van der Waals surface area contributed by atoms with Crippen LogP contribution < -0.4 is 16.2 Å². The molecule has 0 aliphatic heterocycles. The quantitative estimate of drug-likeness (QED) is 0.343. The van der Waals surface area contributed by atoms with E-state index >= 15 is 0 Å². The average molecular weight is 565 g/mol. The lowest BCUT2D eigenvalue weighted by Crippen LogP contribution is -2.43. The second kappa shape index (κ2) is 10.8. The maximum atomic E-state index is 14.9. The second-order valence-electron chi connectivity index (χ2n) is 11.2. The molecule has 3 aromatic rings. The number of nitrogens with zero attached hydrogens (tertiary/aromatic N) is 4. The summed E-state index contributed by atoms with van der Waals surface area (Å²) in [4.78, 5) is 26.1. The third-order valence-electron chi connectivity index (χ3n) is 6.92. The first-order chi connectivity index (χ1) is 18.6. The fraction of sp³-hybridized carbons (Fsp3) is 0.481. The number of carbonyl (C=O) groups is 1. The van der Waals surface area contributed by atoms with Gasteiger partial charge in [0.25, 0.3) is 11.5 Å². The van der Waals surface area contributed by atoms with Crippen LogP contribution >= 0.6 is 0 Å². The Labute approximate surface area is 228 Å². The number of alkyl halides is 3. The summed E-state index contributed by atoms with van der Waals surface area (Å²) in [5.41, 5.74) is -2.70. The first-order valence-electron chi connectivity index (χ1n) is 12.8. The Morgan fingerprint density at radius 3 is 2.50 bits per heavy atom. The molecule has 0 spiro atoms. The lowest BCUT2D eigenvalue weighted by atomic mass is 9.58. The standard InChI is InChI=1S/C27H32F4N6O3/c1-16-9-26(10-16,24-35-33-15-36(24)4)18-5-6-20(28)21(8-18)34-22(38)19-7-17(11-32-13-25(2,3)40)12-37(23(19)39)14-27(29,30)31/h5-8,12,15-16,32,40H,9-11,13-14H2,1-4H3,(H,34,38). The zero-order valence-electron chi connectivity index (χ0n) is 22.6. The number of carbonyl (C=O) groups excluding carboxylic acids is 1. The number of aromatic nitrogens is 4. The summed E-state index contributed by atoms with van der Waals surface area (Å²) in [5.74, 6) is -0.748. The Kier molecular flexibility index (Phi) is 7.92. The molecular weight excluding hydrogens is 532 g/mol. The van der Waals surface area contributed by atoms with Crippen molar-refractivity contribution in [2.75, 3.05) is 11.9 Å². The number of nitrogens with one attached hydrogen (secondary N) is 2. The number of amides is 1. The second-order valence-corrected chi connectivity index (χ2v) is 11.2. The Morgan fingerprint density at radius 2 is 1.93 bits per heavy atom. The van der Waals surface area contributed by atoms with Gasteiger partial charge in [0, 0.05) is 26.3 Å². The van der Waals surface area contributed by atoms with Crippen LogP contribution in [0.1, 0.15) is 60.9 Å². The van der Waals surface area contributed by atoms with Gasteiger partial charge in [0.15, 0.2) is 0 Å². The minimum Gasteiger partial charge on any atom is -0.389 e. The minimum atomic E-state index is -4.72. The maximum absolute atomic E-state index is 14.9. The highest BCUT2D eigenvalue weighted by molar-refractivity contribution is 6.04. The van der Waals surface area contributed by atoms with Gasteiger partial charge in [-0.15, -0.1) is 10.2 Å². The van der Waals surface area contributed by atoms with Crippen LogP contribution in [0.15, 0.2) is 41.6 Å². The van der Waals surface area contributed by atoms with Gasteiger partial charge in [-0.25, -0.2) is 4.39 Å². The molecule has 1 aliphatic rings. The number of hydrogen-bond acceptors (Lipinski definition) is 6. The lowest BCUT2D eigenvalue weighted by molar-refractivity contribution is -0.141. The highest BCUT2D eigenvalue weighted by atomic mass is 19.4. The highest BCUT2D eigenvalue weighted by Crippen LogP contribution is 2.51. The molecule has 40 heavy (non-hydrogen) atoms. The molecule has 13 heteroatoms. The molecule has 9 nitrogen and oxygen atoms in total. The molecular formula is C27H32F4N6O3. The van der Waals surface area contributed by atoms with Crippen LogP contribution in [0.2, 0.25) is 0 Å². The number of rotatable bonds is 9. The van der Waals surface area contributed by atoms with E-state index < -0.39 is 46.6 Å². The van der Waals surface area contributed by atoms with Gasteiger partial charge >= 0.3 is 6.18 Å². The normalized spacial score (nSPS) is 19.4. The van der Waals surface area contributed by atoms with Crippen LogP contribution in [0.3, 0.4) is 0 Å². The summed E-state index contributed by atoms with van der Waals surface area (Å²) in [6.45, 7) is 3.65. The molecule has 1 amide bonds.